The number of carbonyl (C=O) groups excluding carboxylic acids is 2. The third-order valence-electron chi connectivity index (χ3n) is 3.42. The third-order valence-corrected chi connectivity index (χ3v) is 3.42. The minimum Gasteiger partial charge on any atom is -0.497 e. The van der Waals surface area contributed by atoms with Crippen molar-refractivity contribution in [3.8, 4) is 5.75 Å². The maximum atomic E-state index is 12.3. The fraction of sp³-hybridized carbons (Fsp3) is 0.333. The van der Waals surface area contributed by atoms with Gasteiger partial charge in [-0.3, -0.25) is 9.59 Å². The molecule has 0 unspecified atom stereocenters. The summed E-state index contributed by atoms with van der Waals surface area (Å²) < 4.78 is 5.15. The van der Waals surface area contributed by atoms with Crippen molar-refractivity contribution in [3.05, 3.63) is 30.0 Å². The SMILES string of the molecule is COc1ccc2[nH]cc(C(=O)C(=O)N(C)C(C)C)c2c1. The number of rotatable bonds is 4. The Morgan fingerprint density at radius 1 is 1.30 bits per heavy atom. The van der Waals surface area contributed by atoms with Crippen molar-refractivity contribution >= 4 is 22.6 Å². The van der Waals surface area contributed by atoms with E-state index < -0.39 is 11.7 Å². The lowest BCUT2D eigenvalue weighted by Gasteiger charge is -2.20. The highest BCUT2D eigenvalue weighted by molar-refractivity contribution is 6.44. The molecule has 106 valence electrons. The van der Waals surface area contributed by atoms with E-state index in [1.807, 2.05) is 19.9 Å². The van der Waals surface area contributed by atoms with Crippen LogP contribution < -0.4 is 4.74 Å². The molecule has 1 N–H and O–H groups in total. The van der Waals surface area contributed by atoms with E-state index in [1.165, 1.54) is 4.90 Å². The van der Waals surface area contributed by atoms with Gasteiger partial charge in [0.2, 0.25) is 0 Å². The van der Waals surface area contributed by atoms with Crippen LogP contribution in [0.3, 0.4) is 0 Å². The molecule has 5 heteroatoms. The van der Waals surface area contributed by atoms with Crippen molar-refractivity contribution in [2.45, 2.75) is 19.9 Å². The minimum atomic E-state index is -0.513. The van der Waals surface area contributed by atoms with Crippen molar-refractivity contribution < 1.29 is 14.3 Å². The summed E-state index contributed by atoms with van der Waals surface area (Å²) in [5.74, 6) is -0.375. The van der Waals surface area contributed by atoms with E-state index in [9.17, 15) is 9.59 Å². The number of aromatic nitrogens is 1. The van der Waals surface area contributed by atoms with Crippen LogP contribution in [0.4, 0.5) is 0 Å². The lowest BCUT2D eigenvalue weighted by Crippen LogP contribution is -2.38. The number of aromatic amines is 1. The second-order valence-corrected chi connectivity index (χ2v) is 4.95. The van der Waals surface area contributed by atoms with Crippen LogP contribution in [0.2, 0.25) is 0 Å². The van der Waals surface area contributed by atoms with E-state index in [1.54, 1.807) is 32.5 Å². The van der Waals surface area contributed by atoms with Gasteiger partial charge in [0.05, 0.1) is 12.7 Å². The van der Waals surface area contributed by atoms with Gasteiger partial charge in [-0.25, -0.2) is 0 Å². The number of likely N-dealkylation sites (N-methyl/N-ethyl adjacent to an activating group) is 1. The average molecular weight is 274 g/mol. The van der Waals surface area contributed by atoms with Gasteiger partial charge in [0.1, 0.15) is 5.75 Å². The molecule has 0 radical (unpaired) electrons. The molecule has 1 aromatic heterocycles. The number of ether oxygens (including phenoxy) is 1. The molecular weight excluding hydrogens is 256 g/mol. The molecule has 0 saturated heterocycles. The number of hydrogen-bond donors (Lipinski definition) is 1. The first-order chi connectivity index (χ1) is 9.45. The molecule has 0 aliphatic carbocycles. The highest BCUT2D eigenvalue weighted by Gasteiger charge is 2.24. The van der Waals surface area contributed by atoms with Gasteiger partial charge in [-0.15, -0.1) is 0 Å². The number of ketones is 1. The summed E-state index contributed by atoms with van der Waals surface area (Å²) in [5, 5.41) is 0.694. The molecule has 20 heavy (non-hydrogen) atoms. The molecule has 0 aliphatic rings. The Morgan fingerprint density at radius 3 is 2.60 bits per heavy atom. The van der Waals surface area contributed by atoms with E-state index >= 15 is 0 Å². The number of nitrogens with zero attached hydrogens (tertiary/aromatic N) is 1. The van der Waals surface area contributed by atoms with Crippen LogP contribution >= 0.6 is 0 Å². The van der Waals surface area contributed by atoms with Gasteiger partial charge in [-0.05, 0) is 32.0 Å². The highest BCUT2D eigenvalue weighted by Crippen LogP contribution is 2.24. The molecule has 0 aliphatic heterocycles. The molecule has 0 bridgehead atoms. The summed E-state index contributed by atoms with van der Waals surface area (Å²) in [5.41, 5.74) is 1.17. The minimum absolute atomic E-state index is 0.0220. The van der Waals surface area contributed by atoms with E-state index in [2.05, 4.69) is 4.98 Å². The first-order valence-electron chi connectivity index (χ1n) is 6.42. The summed E-state index contributed by atoms with van der Waals surface area (Å²) in [6.07, 6.45) is 1.57. The number of nitrogens with one attached hydrogen (secondary N) is 1. The quantitative estimate of drug-likeness (QED) is 0.687. The van der Waals surface area contributed by atoms with Crippen molar-refractivity contribution in [2.75, 3.05) is 14.2 Å². The molecule has 1 heterocycles. The lowest BCUT2D eigenvalue weighted by atomic mass is 10.1. The first kappa shape index (κ1) is 14.1. The first-order valence-corrected chi connectivity index (χ1v) is 6.42. The number of H-pyrrole nitrogens is 1. The van der Waals surface area contributed by atoms with Crippen molar-refractivity contribution in [2.24, 2.45) is 0 Å². The van der Waals surface area contributed by atoms with Crippen molar-refractivity contribution in [1.82, 2.24) is 9.88 Å². The average Bonchev–Trinajstić information content (AvgIpc) is 2.87. The van der Waals surface area contributed by atoms with Crippen LogP contribution in [-0.2, 0) is 4.79 Å². The standard InChI is InChI=1S/C15H18N2O3/c1-9(2)17(3)15(19)14(18)12-8-16-13-6-5-10(20-4)7-11(12)13/h5-9,16H,1-4H3. The van der Waals surface area contributed by atoms with Crippen molar-refractivity contribution in [3.63, 3.8) is 0 Å². The molecular formula is C15H18N2O3. The lowest BCUT2D eigenvalue weighted by molar-refractivity contribution is -0.126. The fourth-order valence-corrected chi connectivity index (χ4v) is 1.92. The molecule has 0 atom stereocenters. The summed E-state index contributed by atoms with van der Waals surface area (Å²) in [7, 11) is 3.19. The van der Waals surface area contributed by atoms with Crippen LogP contribution in [0.5, 0.6) is 5.75 Å². The Kier molecular flexibility index (Phi) is 3.79. The predicted octanol–water partition coefficient (Wildman–Crippen LogP) is 2.23. The molecule has 1 aromatic carbocycles. The van der Waals surface area contributed by atoms with Crippen LogP contribution in [-0.4, -0.2) is 41.8 Å². The second kappa shape index (κ2) is 5.36. The summed E-state index contributed by atoms with van der Waals surface area (Å²) in [6.45, 7) is 3.73. The molecule has 1 amide bonds. The van der Waals surface area contributed by atoms with Gasteiger partial charge in [0.25, 0.3) is 11.7 Å². The monoisotopic (exact) mass is 274 g/mol. The third kappa shape index (κ3) is 2.39. The normalized spacial score (nSPS) is 10.8. The van der Waals surface area contributed by atoms with E-state index in [0.29, 0.717) is 16.7 Å². The second-order valence-electron chi connectivity index (χ2n) is 4.95. The van der Waals surface area contributed by atoms with Crippen molar-refractivity contribution in [1.29, 1.82) is 0 Å². The Bertz CT molecular complexity index is 658. The molecule has 2 rings (SSSR count). The Morgan fingerprint density at radius 2 is 2.00 bits per heavy atom. The molecule has 0 fully saturated rings. The summed E-state index contributed by atoms with van der Waals surface area (Å²) >= 11 is 0. The zero-order valence-electron chi connectivity index (χ0n) is 12.1. The zero-order valence-corrected chi connectivity index (χ0v) is 12.1. The van der Waals surface area contributed by atoms with Crippen LogP contribution in [0.1, 0.15) is 24.2 Å². The van der Waals surface area contributed by atoms with Gasteiger partial charge >= 0.3 is 0 Å². The summed E-state index contributed by atoms with van der Waals surface area (Å²) in [4.78, 5) is 28.9. The van der Waals surface area contributed by atoms with Crippen LogP contribution in [0.25, 0.3) is 10.9 Å². The van der Waals surface area contributed by atoms with Gasteiger partial charge in [-0.2, -0.15) is 0 Å². The smallest absolute Gasteiger partial charge is 0.295 e. The van der Waals surface area contributed by atoms with Crippen LogP contribution in [0, 0.1) is 0 Å². The number of hydrogen-bond acceptors (Lipinski definition) is 3. The zero-order chi connectivity index (χ0) is 14.9. The fourth-order valence-electron chi connectivity index (χ4n) is 1.92. The number of benzene rings is 1. The number of carbonyl (C=O) groups is 2. The number of fused-ring (bicyclic) bond motifs is 1. The molecule has 0 spiro atoms. The van der Waals surface area contributed by atoms with Crippen LogP contribution in [0.15, 0.2) is 24.4 Å². The van der Waals surface area contributed by atoms with Gasteiger partial charge < -0.3 is 14.6 Å². The molecule has 2 aromatic rings. The largest absolute Gasteiger partial charge is 0.497 e. The van der Waals surface area contributed by atoms with E-state index in [0.717, 1.165) is 5.52 Å². The predicted molar refractivity (Wildman–Crippen MR) is 77.1 cm³/mol. The topological polar surface area (TPSA) is 62.4 Å². The summed E-state index contributed by atoms with van der Waals surface area (Å²) in [6, 6.07) is 5.35. The Hall–Kier alpha value is -2.30. The maximum Gasteiger partial charge on any atom is 0.295 e. The van der Waals surface area contributed by atoms with Gasteiger partial charge in [0, 0.05) is 30.2 Å². The van der Waals surface area contributed by atoms with Gasteiger partial charge in [0.15, 0.2) is 0 Å². The Balaban J connectivity index is 2.42. The maximum absolute atomic E-state index is 12.3. The molecule has 5 nitrogen and oxygen atoms in total. The molecule has 0 saturated carbocycles. The number of methoxy groups -OCH3 is 1. The number of amides is 1. The van der Waals surface area contributed by atoms with E-state index in [4.69, 9.17) is 4.74 Å². The van der Waals surface area contributed by atoms with Gasteiger partial charge in [-0.1, -0.05) is 0 Å². The van der Waals surface area contributed by atoms with E-state index in [-0.39, 0.29) is 6.04 Å². The number of Topliss-reactive ketones (excluding diaryl/α,β-unsaturated/α-hetero) is 1. The Labute approximate surface area is 117 Å². The highest BCUT2D eigenvalue weighted by atomic mass is 16.5.